The minimum atomic E-state index is -4.06. The molecule has 1 fully saturated rings. The minimum absolute atomic E-state index is 0.0667. The molecule has 0 aliphatic carbocycles. The normalized spacial score (nSPS) is 20.6. The SMILES string of the molecule is COc1ccc(S(C)(=O)=O)cc1S(=O)(=O)N[C@@H]1CCCO[C@H]1c1ccncc1. The fourth-order valence-electron chi connectivity index (χ4n) is 3.14. The lowest BCUT2D eigenvalue weighted by atomic mass is 9.98. The van der Waals surface area contributed by atoms with Crippen molar-refractivity contribution in [2.75, 3.05) is 20.0 Å². The van der Waals surface area contributed by atoms with Crippen LogP contribution in [-0.4, -0.2) is 47.8 Å². The lowest BCUT2D eigenvalue weighted by Crippen LogP contribution is -2.42. The summed E-state index contributed by atoms with van der Waals surface area (Å²) in [6, 6.07) is 6.82. The molecule has 2 heterocycles. The van der Waals surface area contributed by atoms with Gasteiger partial charge < -0.3 is 9.47 Å². The first-order valence-electron chi connectivity index (χ1n) is 8.64. The molecule has 0 bridgehead atoms. The summed E-state index contributed by atoms with van der Waals surface area (Å²) in [5, 5.41) is 0. The Morgan fingerprint density at radius 2 is 1.86 bits per heavy atom. The molecule has 0 radical (unpaired) electrons. The van der Waals surface area contributed by atoms with Crippen molar-refractivity contribution in [3.63, 3.8) is 0 Å². The number of benzene rings is 1. The lowest BCUT2D eigenvalue weighted by Gasteiger charge is -2.32. The Morgan fingerprint density at radius 3 is 2.50 bits per heavy atom. The van der Waals surface area contributed by atoms with Crippen LogP contribution in [0.4, 0.5) is 0 Å². The summed E-state index contributed by atoms with van der Waals surface area (Å²) in [6.07, 6.45) is 5.09. The largest absolute Gasteiger partial charge is 0.495 e. The molecular weight excluding hydrogens is 404 g/mol. The van der Waals surface area contributed by atoms with Crippen molar-refractivity contribution in [2.24, 2.45) is 0 Å². The van der Waals surface area contributed by atoms with Gasteiger partial charge >= 0.3 is 0 Å². The fourth-order valence-corrected chi connectivity index (χ4v) is 5.33. The molecule has 0 spiro atoms. The van der Waals surface area contributed by atoms with Gasteiger partial charge in [0.15, 0.2) is 9.84 Å². The van der Waals surface area contributed by atoms with Crippen LogP contribution in [-0.2, 0) is 24.6 Å². The van der Waals surface area contributed by atoms with Crippen LogP contribution in [0.15, 0.2) is 52.5 Å². The topological polar surface area (TPSA) is 112 Å². The molecule has 152 valence electrons. The molecule has 8 nitrogen and oxygen atoms in total. The first-order valence-corrected chi connectivity index (χ1v) is 12.0. The third-order valence-corrected chi connectivity index (χ3v) is 7.14. The van der Waals surface area contributed by atoms with Crippen LogP contribution in [0.3, 0.4) is 0 Å². The second kappa shape index (κ2) is 8.16. The van der Waals surface area contributed by atoms with Gasteiger partial charge in [-0.05, 0) is 48.7 Å². The van der Waals surface area contributed by atoms with E-state index < -0.39 is 32.0 Å². The Bertz CT molecular complexity index is 1040. The number of pyridine rings is 1. The lowest BCUT2D eigenvalue weighted by molar-refractivity contribution is -0.00448. The number of sulfone groups is 1. The van der Waals surface area contributed by atoms with Crippen molar-refractivity contribution >= 4 is 19.9 Å². The van der Waals surface area contributed by atoms with Crippen LogP contribution < -0.4 is 9.46 Å². The third-order valence-electron chi connectivity index (χ3n) is 4.52. The number of sulfonamides is 1. The molecule has 1 saturated heterocycles. The van der Waals surface area contributed by atoms with Gasteiger partial charge in [-0.25, -0.2) is 21.6 Å². The first kappa shape index (κ1) is 20.7. The van der Waals surface area contributed by atoms with Gasteiger partial charge in [0.25, 0.3) is 0 Å². The first-order chi connectivity index (χ1) is 13.2. The summed E-state index contributed by atoms with van der Waals surface area (Å²) in [4.78, 5) is 3.65. The van der Waals surface area contributed by atoms with Crippen molar-refractivity contribution in [3.05, 3.63) is 48.3 Å². The van der Waals surface area contributed by atoms with E-state index in [4.69, 9.17) is 9.47 Å². The van der Waals surface area contributed by atoms with E-state index in [1.54, 1.807) is 24.5 Å². The molecule has 1 aromatic heterocycles. The number of hydrogen-bond acceptors (Lipinski definition) is 7. The van der Waals surface area contributed by atoms with Gasteiger partial charge in [-0.3, -0.25) is 4.98 Å². The van der Waals surface area contributed by atoms with Gasteiger partial charge in [0.2, 0.25) is 10.0 Å². The molecule has 0 amide bonds. The summed E-state index contributed by atoms with van der Waals surface area (Å²) >= 11 is 0. The van der Waals surface area contributed by atoms with Gasteiger partial charge in [-0.15, -0.1) is 0 Å². The molecule has 1 aliphatic rings. The van der Waals surface area contributed by atoms with Gasteiger partial charge in [-0.2, -0.15) is 0 Å². The van der Waals surface area contributed by atoms with Crippen molar-refractivity contribution in [1.82, 2.24) is 9.71 Å². The molecule has 1 N–H and O–H groups in total. The molecule has 0 saturated carbocycles. The predicted molar refractivity (Wildman–Crippen MR) is 102 cm³/mol. The number of methoxy groups -OCH3 is 1. The molecule has 1 aliphatic heterocycles. The van der Waals surface area contributed by atoms with E-state index in [-0.39, 0.29) is 15.5 Å². The number of ether oxygens (including phenoxy) is 2. The highest BCUT2D eigenvalue weighted by Crippen LogP contribution is 2.32. The van der Waals surface area contributed by atoms with Gasteiger partial charge in [0.1, 0.15) is 10.6 Å². The number of rotatable bonds is 6. The van der Waals surface area contributed by atoms with Crippen LogP contribution in [0, 0.1) is 0 Å². The zero-order chi connectivity index (χ0) is 20.4. The standard InChI is InChI=1S/C18H22N2O6S2/c1-25-16-6-5-14(27(2,21)22)12-17(16)28(23,24)20-15-4-3-11-26-18(15)13-7-9-19-10-8-13/h5-10,12,15,18,20H,3-4,11H2,1-2H3/t15-,18+/m1/s1. The number of hydrogen-bond donors (Lipinski definition) is 1. The quantitative estimate of drug-likeness (QED) is 0.748. The number of aromatic nitrogens is 1. The van der Waals surface area contributed by atoms with Crippen molar-refractivity contribution in [2.45, 2.75) is 34.8 Å². The highest BCUT2D eigenvalue weighted by molar-refractivity contribution is 7.91. The van der Waals surface area contributed by atoms with Gasteiger partial charge in [0, 0.05) is 25.3 Å². The minimum Gasteiger partial charge on any atom is -0.495 e. The fraction of sp³-hybridized carbons (Fsp3) is 0.389. The second-order valence-corrected chi connectivity index (χ2v) is 10.2. The highest BCUT2D eigenvalue weighted by Gasteiger charge is 2.33. The van der Waals surface area contributed by atoms with E-state index in [9.17, 15) is 16.8 Å². The van der Waals surface area contributed by atoms with Crippen LogP contribution in [0.5, 0.6) is 5.75 Å². The molecule has 2 atom stereocenters. The monoisotopic (exact) mass is 426 g/mol. The summed E-state index contributed by atoms with van der Waals surface area (Å²) in [6.45, 7) is 0.526. The average molecular weight is 427 g/mol. The van der Waals surface area contributed by atoms with Crippen LogP contribution >= 0.6 is 0 Å². The van der Waals surface area contributed by atoms with Gasteiger partial charge in [0.05, 0.1) is 24.2 Å². The highest BCUT2D eigenvalue weighted by atomic mass is 32.2. The molecule has 10 heteroatoms. The smallest absolute Gasteiger partial charge is 0.244 e. The van der Waals surface area contributed by atoms with Gasteiger partial charge in [-0.1, -0.05) is 0 Å². The van der Waals surface area contributed by atoms with E-state index in [0.29, 0.717) is 19.4 Å². The van der Waals surface area contributed by atoms with E-state index in [1.807, 2.05) is 0 Å². The molecule has 2 aromatic rings. The molecule has 0 unspecified atom stereocenters. The maximum atomic E-state index is 13.1. The Labute approximate surface area is 164 Å². The predicted octanol–water partition coefficient (Wildman–Crippen LogP) is 1.69. The number of nitrogens with zero attached hydrogens (tertiary/aromatic N) is 1. The Hall–Kier alpha value is -2.01. The maximum Gasteiger partial charge on any atom is 0.244 e. The maximum absolute atomic E-state index is 13.1. The van der Waals surface area contributed by atoms with Crippen molar-refractivity contribution in [3.8, 4) is 5.75 Å². The Kier molecular flexibility index (Phi) is 6.04. The summed E-state index contributed by atoms with van der Waals surface area (Å²) in [7, 11) is -6.31. The van der Waals surface area contributed by atoms with E-state index in [0.717, 1.165) is 17.9 Å². The van der Waals surface area contributed by atoms with Crippen LogP contribution in [0.1, 0.15) is 24.5 Å². The molecular formula is C18H22N2O6S2. The van der Waals surface area contributed by atoms with Crippen molar-refractivity contribution < 1.29 is 26.3 Å². The summed E-state index contributed by atoms with van der Waals surface area (Å²) < 4.78 is 63.5. The van der Waals surface area contributed by atoms with E-state index in [1.165, 1.54) is 19.2 Å². The molecule has 3 rings (SSSR count). The Balaban J connectivity index is 1.96. The van der Waals surface area contributed by atoms with E-state index in [2.05, 4.69) is 9.71 Å². The summed E-state index contributed by atoms with van der Waals surface area (Å²) in [5.41, 5.74) is 0.819. The Morgan fingerprint density at radius 1 is 1.14 bits per heavy atom. The zero-order valence-corrected chi connectivity index (χ0v) is 17.2. The third kappa shape index (κ3) is 4.52. The number of nitrogens with one attached hydrogen (secondary N) is 1. The summed E-state index contributed by atoms with van der Waals surface area (Å²) in [5.74, 6) is 0.0667. The van der Waals surface area contributed by atoms with Crippen LogP contribution in [0.25, 0.3) is 0 Å². The second-order valence-electron chi connectivity index (χ2n) is 6.53. The molecule has 1 aromatic carbocycles. The van der Waals surface area contributed by atoms with Crippen molar-refractivity contribution in [1.29, 1.82) is 0 Å². The van der Waals surface area contributed by atoms with Crippen LogP contribution in [0.2, 0.25) is 0 Å². The zero-order valence-electron chi connectivity index (χ0n) is 15.5. The molecule has 28 heavy (non-hydrogen) atoms. The average Bonchev–Trinajstić information content (AvgIpc) is 2.67. The van der Waals surface area contributed by atoms with E-state index >= 15 is 0 Å².